The molecule has 0 aliphatic heterocycles. The Morgan fingerprint density at radius 1 is 1.67 bits per heavy atom. The number of hydrogen-bond acceptors (Lipinski definition) is 2. The predicted molar refractivity (Wildman–Crippen MR) is 69.2 cm³/mol. The molecule has 1 rings (SSSR count). The number of hydrogen-bond donors (Lipinski definition) is 0. The van der Waals surface area contributed by atoms with E-state index in [1.165, 1.54) is 16.6 Å². The molecule has 1 aliphatic rings. The number of ketones is 1. The van der Waals surface area contributed by atoms with Crippen LogP contribution in [0.3, 0.4) is 0 Å². The molecule has 0 saturated carbocycles. The minimum absolute atomic E-state index is 0.204. The first-order chi connectivity index (χ1) is 7.24. The summed E-state index contributed by atoms with van der Waals surface area (Å²) in [6.07, 6.45) is 7.46. The van der Waals surface area contributed by atoms with Crippen molar-refractivity contribution in [1.82, 2.24) is 0 Å². The van der Waals surface area contributed by atoms with Gasteiger partial charge in [0.05, 0.1) is 0 Å². The molecule has 0 unspecified atom stereocenters. The molecule has 0 heterocycles. The molecule has 84 valence electrons. The standard InChI is InChI=1S/C12H18OSSe/c1-3-4-9-14-10(2)15-12-8-6-5-7-11(12)13/h8H,2-7,9H2,1H3. The van der Waals surface area contributed by atoms with Gasteiger partial charge in [-0.25, -0.2) is 0 Å². The van der Waals surface area contributed by atoms with E-state index in [1.54, 1.807) is 0 Å². The summed E-state index contributed by atoms with van der Waals surface area (Å²) >= 11 is 2.04. The van der Waals surface area contributed by atoms with Gasteiger partial charge in [-0.15, -0.1) is 0 Å². The van der Waals surface area contributed by atoms with Crippen LogP contribution in [-0.4, -0.2) is 26.5 Å². The van der Waals surface area contributed by atoms with Gasteiger partial charge in [-0.2, -0.15) is 0 Å². The molecule has 0 amide bonds. The van der Waals surface area contributed by atoms with Gasteiger partial charge in [0.15, 0.2) is 0 Å². The molecule has 0 radical (unpaired) electrons. The zero-order chi connectivity index (χ0) is 11.1. The number of carbonyl (C=O) groups excluding carboxylic acids is 1. The summed E-state index contributed by atoms with van der Waals surface area (Å²) in [5, 5.41) is 0. The summed E-state index contributed by atoms with van der Waals surface area (Å²) in [5.41, 5.74) is 0. The normalized spacial score (nSPS) is 16.3. The molecule has 0 bridgehead atoms. The fourth-order valence-electron chi connectivity index (χ4n) is 1.31. The molecular formula is C12H18OSSe. The first-order valence-electron chi connectivity index (χ1n) is 5.47. The van der Waals surface area contributed by atoms with E-state index in [1.807, 2.05) is 11.8 Å². The second-order valence-electron chi connectivity index (χ2n) is 3.56. The maximum absolute atomic E-state index is 11.6. The first-order valence-corrected chi connectivity index (χ1v) is 8.16. The molecular weight excluding hydrogens is 271 g/mol. The zero-order valence-electron chi connectivity index (χ0n) is 9.25. The van der Waals surface area contributed by atoms with E-state index < -0.39 is 0 Å². The summed E-state index contributed by atoms with van der Waals surface area (Å²) in [6, 6.07) is 0. The molecule has 0 N–H and O–H groups in total. The van der Waals surface area contributed by atoms with Crippen LogP contribution in [0.15, 0.2) is 20.9 Å². The van der Waals surface area contributed by atoms with Crippen molar-refractivity contribution in [3.63, 3.8) is 0 Å². The van der Waals surface area contributed by atoms with Crippen molar-refractivity contribution in [3.05, 3.63) is 20.9 Å². The Kier molecular flexibility index (Phi) is 6.38. The van der Waals surface area contributed by atoms with Crippen molar-refractivity contribution in [1.29, 1.82) is 0 Å². The first kappa shape index (κ1) is 13.1. The van der Waals surface area contributed by atoms with Crippen molar-refractivity contribution in [2.45, 2.75) is 39.0 Å². The van der Waals surface area contributed by atoms with E-state index in [2.05, 4.69) is 19.6 Å². The van der Waals surface area contributed by atoms with E-state index in [9.17, 15) is 4.79 Å². The Hall–Kier alpha value is 0.0195. The van der Waals surface area contributed by atoms with Crippen LogP contribution >= 0.6 is 11.8 Å². The second-order valence-corrected chi connectivity index (χ2v) is 7.72. The molecule has 1 nitrogen and oxygen atoms in total. The molecule has 3 heteroatoms. The average molecular weight is 289 g/mol. The Morgan fingerprint density at radius 3 is 3.13 bits per heavy atom. The van der Waals surface area contributed by atoms with Crippen molar-refractivity contribution < 1.29 is 4.79 Å². The van der Waals surface area contributed by atoms with Gasteiger partial charge in [0.2, 0.25) is 0 Å². The van der Waals surface area contributed by atoms with Gasteiger partial charge in [-0.3, -0.25) is 0 Å². The van der Waals surface area contributed by atoms with E-state index in [4.69, 9.17) is 0 Å². The second kappa shape index (κ2) is 7.32. The monoisotopic (exact) mass is 290 g/mol. The van der Waals surface area contributed by atoms with Crippen LogP contribution in [-0.2, 0) is 4.79 Å². The molecule has 0 saturated heterocycles. The van der Waals surface area contributed by atoms with Gasteiger partial charge in [0, 0.05) is 0 Å². The van der Waals surface area contributed by atoms with Crippen LogP contribution in [0.2, 0.25) is 0 Å². The number of carbonyl (C=O) groups is 1. The number of unbranched alkanes of at least 4 members (excludes halogenated alkanes) is 1. The summed E-state index contributed by atoms with van der Waals surface area (Å²) in [7, 11) is 0. The van der Waals surface area contributed by atoms with Crippen LogP contribution in [0.5, 0.6) is 0 Å². The number of rotatable bonds is 6. The van der Waals surface area contributed by atoms with Crippen LogP contribution in [0.25, 0.3) is 0 Å². The Morgan fingerprint density at radius 2 is 2.47 bits per heavy atom. The number of Topliss-reactive ketones (excluding diaryl/α,β-unsaturated/α-hetero) is 1. The minimum atomic E-state index is 0.204. The summed E-state index contributed by atoms with van der Waals surface area (Å²) in [6.45, 7) is 6.25. The molecule has 0 aromatic heterocycles. The van der Waals surface area contributed by atoms with Crippen LogP contribution in [0.1, 0.15) is 39.0 Å². The van der Waals surface area contributed by atoms with Crippen LogP contribution < -0.4 is 0 Å². The van der Waals surface area contributed by atoms with Gasteiger partial charge < -0.3 is 0 Å². The van der Waals surface area contributed by atoms with Gasteiger partial charge in [-0.1, -0.05) is 0 Å². The molecule has 0 spiro atoms. The molecule has 0 aromatic carbocycles. The molecule has 0 fully saturated rings. The summed E-state index contributed by atoms with van der Waals surface area (Å²) < 4.78 is 2.26. The van der Waals surface area contributed by atoms with Crippen LogP contribution in [0.4, 0.5) is 0 Å². The van der Waals surface area contributed by atoms with E-state index in [0.29, 0.717) is 5.78 Å². The Labute approximate surface area is 103 Å². The third-order valence-electron chi connectivity index (χ3n) is 2.20. The van der Waals surface area contributed by atoms with Gasteiger partial charge >= 0.3 is 103 Å². The fraction of sp³-hybridized carbons (Fsp3) is 0.583. The SMILES string of the molecule is C=C(SCCCC)[Se]C1=CCCCC1=O. The Balaban J connectivity index is 2.30. The van der Waals surface area contributed by atoms with E-state index in [0.717, 1.165) is 29.5 Å². The zero-order valence-corrected chi connectivity index (χ0v) is 11.8. The molecule has 0 aromatic rings. The molecule has 15 heavy (non-hydrogen) atoms. The molecule has 0 atom stereocenters. The average Bonchev–Trinajstić information content (AvgIpc) is 2.22. The van der Waals surface area contributed by atoms with Crippen molar-refractivity contribution in [2.24, 2.45) is 0 Å². The predicted octanol–water partition coefficient (Wildman–Crippen LogP) is 3.33. The van der Waals surface area contributed by atoms with Gasteiger partial charge in [-0.05, 0) is 0 Å². The van der Waals surface area contributed by atoms with Crippen molar-refractivity contribution in [3.8, 4) is 0 Å². The van der Waals surface area contributed by atoms with Crippen molar-refractivity contribution in [2.75, 3.05) is 5.75 Å². The van der Waals surface area contributed by atoms with Crippen molar-refractivity contribution >= 4 is 32.5 Å². The third kappa shape index (κ3) is 5.05. The fourth-order valence-corrected chi connectivity index (χ4v) is 4.79. The quantitative estimate of drug-likeness (QED) is 0.551. The summed E-state index contributed by atoms with van der Waals surface area (Å²) in [5.74, 6) is 1.51. The van der Waals surface area contributed by atoms with E-state index >= 15 is 0 Å². The van der Waals surface area contributed by atoms with E-state index in [-0.39, 0.29) is 15.0 Å². The third-order valence-corrected chi connectivity index (χ3v) is 5.95. The van der Waals surface area contributed by atoms with Gasteiger partial charge in [0.1, 0.15) is 0 Å². The summed E-state index contributed by atoms with van der Waals surface area (Å²) in [4.78, 5) is 11.6. The topological polar surface area (TPSA) is 17.1 Å². The number of thioether (sulfide) groups is 1. The number of allylic oxidation sites excluding steroid dienone is 2. The Bertz CT molecular complexity index is 271. The van der Waals surface area contributed by atoms with Gasteiger partial charge in [0.25, 0.3) is 0 Å². The van der Waals surface area contributed by atoms with Crippen LogP contribution in [0, 0.1) is 0 Å². The maximum atomic E-state index is 11.6. The molecule has 1 aliphatic carbocycles.